The molecule has 2 N–H and O–H groups in total. The van der Waals surface area contributed by atoms with Crippen LogP contribution in [0.15, 0.2) is 18.2 Å². The minimum absolute atomic E-state index is 0. The molecule has 1 rings (SSSR count). The minimum Gasteiger partial charge on any atom is -0.324 e. The summed E-state index contributed by atoms with van der Waals surface area (Å²) in [4.78, 5) is 0. The van der Waals surface area contributed by atoms with Crippen LogP contribution in [-0.4, -0.2) is 0 Å². The Bertz CT molecular complexity index is 297. The van der Waals surface area contributed by atoms with Crippen LogP contribution in [0.5, 0.6) is 0 Å². The van der Waals surface area contributed by atoms with E-state index in [2.05, 4.69) is 0 Å². The lowest BCUT2D eigenvalue weighted by atomic mass is 9.93. The van der Waals surface area contributed by atoms with Crippen LogP contribution in [0.2, 0.25) is 0 Å². The van der Waals surface area contributed by atoms with Crippen LogP contribution in [0, 0.1) is 17.6 Å². The summed E-state index contributed by atoms with van der Waals surface area (Å²) in [6, 6.07) is 3.25. The second kappa shape index (κ2) is 6.03. The minimum atomic E-state index is -0.568. The summed E-state index contributed by atoms with van der Waals surface area (Å²) >= 11 is 0. The van der Waals surface area contributed by atoms with Gasteiger partial charge in [-0.15, -0.1) is 12.4 Å². The molecule has 1 aromatic rings. The van der Waals surface area contributed by atoms with Crippen molar-refractivity contribution in [3.05, 3.63) is 35.4 Å². The molecule has 0 radical (unpaired) electrons. The predicted molar refractivity (Wildman–Crippen MR) is 60.0 cm³/mol. The van der Waals surface area contributed by atoms with Crippen LogP contribution in [0.4, 0.5) is 8.78 Å². The number of rotatable bonds is 3. The molecule has 2 atom stereocenters. The molecule has 0 spiro atoms. The van der Waals surface area contributed by atoms with Crippen LogP contribution in [0.25, 0.3) is 0 Å². The SMILES string of the molecule is CCC(C)[C@H](N)c1c(F)cccc1F.Cl. The van der Waals surface area contributed by atoms with Crippen LogP contribution >= 0.6 is 12.4 Å². The third-order valence-corrected chi connectivity index (χ3v) is 2.59. The number of hydrogen-bond donors (Lipinski definition) is 1. The zero-order valence-electron chi connectivity index (χ0n) is 8.84. The van der Waals surface area contributed by atoms with Gasteiger partial charge in [-0.2, -0.15) is 0 Å². The van der Waals surface area contributed by atoms with E-state index in [9.17, 15) is 8.78 Å². The van der Waals surface area contributed by atoms with Gasteiger partial charge >= 0.3 is 0 Å². The third kappa shape index (κ3) is 3.14. The van der Waals surface area contributed by atoms with Crippen molar-refractivity contribution in [2.45, 2.75) is 26.3 Å². The van der Waals surface area contributed by atoms with Crippen molar-refractivity contribution in [3.8, 4) is 0 Å². The standard InChI is InChI=1S/C11H15F2N.ClH/c1-3-7(2)11(14)10-8(12)5-4-6-9(10)13;/h4-7,11H,3,14H2,1-2H3;1H/t7?,11-;/m0./s1. The van der Waals surface area contributed by atoms with Crippen molar-refractivity contribution < 1.29 is 8.78 Å². The highest BCUT2D eigenvalue weighted by Gasteiger charge is 2.20. The monoisotopic (exact) mass is 235 g/mol. The summed E-state index contributed by atoms with van der Waals surface area (Å²) in [5.74, 6) is -1.04. The molecule has 1 unspecified atom stereocenters. The molecule has 0 aliphatic carbocycles. The molecule has 15 heavy (non-hydrogen) atoms. The lowest BCUT2D eigenvalue weighted by molar-refractivity contribution is 0.419. The van der Waals surface area contributed by atoms with Crippen molar-refractivity contribution in [1.82, 2.24) is 0 Å². The molecule has 86 valence electrons. The first kappa shape index (κ1) is 14.3. The summed E-state index contributed by atoms with van der Waals surface area (Å²) in [6.45, 7) is 3.83. The largest absolute Gasteiger partial charge is 0.324 e. The fraction of sp³-hybridized carbons (Fsp3) is 0.455. The van der Waals surface area contributed by atoms with Gasteiger partial charge in [0.05, 0.1) is 0 Å². The van der Waals surface area contributed by atoms with Crippen molar-refractivity contribution in [2.24, 2.45) is 11.7 Å². The van der Waals surface area contributed by atoms with E-state index < -0.39 is 17.7 Å². The van der Waals surface area contributed by atoms with Crippen molar-refractivity contribution in [3.63, 3.8) is 0 Å². The normalized spacial score (nSPS) is 14.2. The van der Waals surface area contributed by atoms with Crippen LogP contribution in [0.1, 0.15) is 31.9 Å². The molecule has 1 aromatic carbocycles. The van der Waals surface area contributed by atoms with Gasteiger partial charge in [0.15, 0.2) is 0 Å². The van der Waals surface area contributed by atoms with Gasteiger partial charge in [-0.25, -0.2) is 8.78 Å². The molecular formula is C11H16ClF2N. The maximum Gasteiger partial charge on any atom is 0.130 e. The Hall–Kier alpha value is -0.670. The summed E-state index contributed by atoms with van der Waals surface area (Å²) in [5.41, 5.74) is 5.77. The highest BCUT2D eigenvalue weighted by molar-refractivity contribution is 5.85. The molecular weight excluding hydrogens is 220 g/mol. The number of hydrogen-bond acceptors (Lipinski definition) is 1. The quantitative estimate of drug-likeness (QED) is 0.854. The zero-order valence-corrected chi connectivity index (χ0v) is 9.65. The molecule has 0 fully saturated rings. The van der Waals surface area contributed by atoms with E-state index in [1.165, 1.54) is 18.2 Å². The van der Waals surface area contributed by atoms with Gasteiger partial charge in [-0.1, -0.05) is 26.3 Å². The average molecular weight is 236 g/mol. The number of benzene rings is 1. The van der Waals surface area contributed by atoms with Gasteiger partial charge < -0.3 is 5.73 Å². The van der Waals surface area contributed by atoms with E-state index in [-0.39, 0.29) is 23.9 Å². The lowest BCUT2D eigenvalue weighted by Gasteiger charge is -2.19. The Morgan fingerprint density at radius 2 is 1.73 bits per heavy atom. The van der Waals surface area contributed by atoms with E-state index in [4.69, 9.17) is 5.73 Å². The van der Waals surface area contributed by atoms with E-state index in [0.717, 1.165) is 6.42 Å². The molecule has 0 aliphatic rings. The van der Waals surface area contributed by atoms with Crippen molar-refractivity contribution >= 4 is 12.4 Å². The lowest BCUT2D eigenvalue weighted by Crippen LogP contribution is -2.21. The summed E-state index contributed by atoms with van der Waals surface area (Å²) in [7, 11) is 0. The Morgan fingerprint density at radius 3 is 2.13 bits per heavy atom. The van der Waals surface area contributed by atoms with Crippen molar-refractivity contribution in [2.75, 3.05) is 0 Å². The first-order valence-corrected chi connectivity index (χ1v) is 4.77. The molecule has 4 heteroatoms. The van der Waals surface area contributed by atoms with Gasteiger partial charge in [0.1, 0.15) is 11.6 Å². The summed E-state index contributed by atoms with van der Waals surface area (Å²) < 4.78 is 26.6. The summed E-state index contributed by atoms with van der Waals surface area (Å²) in [6.07, 6.45) is 0.801. The van der Waals surface area contributed by atoms with E-state index in [0.29, 0.717) is 0 Å². The van der Waals surface area contributed by atoms with Gasteiger partial charge in [-0.3, -0.25) is 0 Å². The van der Waals surface area contributed by atoms with E-state index in [1.54, 1.807) is 0 Å². The molecule has 1 nitrogen and oxygen atoms in total. The number of nitrogens with two attached hydrogens (primary N) is 1. The first-order valence-electron chi connectivity index (χ1n) is 4.77. The fourth-order valence-corrected chi connectivity index (χ4v) is 1.37. The third-order valence-electron chi connectivity index (χ3n) is 2.59. The van der Waals surface area contributed by atoms with Gasteiger partial charge in [-0.05, 0) is 18.1 Å². The molecule has 0 saturated carbocycles. The van der Waals surface area contributed by atoms with Gasteiger partial charge in [0.25, 0.3) is 0 Å². The fourth-order valence-electron chi connectivity index (χ4n) is 1.37. The van der Waals surface area contributed by atoms with Crippen LogP contribution in [-0.2, 0) is 0 Å². The first-order chi connectivity index (χ1) is 6.57. The molecule has 0 aromatic heterocycles. The van der Waals surface area contributed by atoms with Crippen molar-refractivity contribution in [1.29, 1.82) is 0 Å². The predicted octanol–water partition coefficient (Wildman–Crippen LogP) is 3.43. The second-order valence-corrected chi connectivity index (χ2v) is 3.55. The summed E-state index contributed by atoms with van der Waals surface area (Å²) in [5, 5.41) is 0. The van der Waals surface area contributed by atoms with Crippen LogP contribution < -0.4 is 5.73 Å². The Labute approximate surface area is 95.1 Å². The topological polar surface area (TPSA) is 26.0 Å². The Morgan fingerprint density at radius 1 is 1.27 bits per heavy atom. The zero-order chi connectivity index (χ0) is 10.7. The highest BCUT2D eigenvalue weighted by atomic mass is 35.5. The molecule has 0 bridgehead atoms. The molecule has 0 heterocycles. The Kier molecular flexibility index (Phi) is 5.76. The van der Waals surface area contributed by atoms with Gasteiger partial charge in [0, 0.05) is 11.6 Å². The average Bonchev–Trinajstić information content (AvgIpc) is 2.16. The second-order valence-electron chi connectivity index (χ2n) is 3.55. The molecule has 0 amide bonds. The maximum atomic E-state index is 13.3. The van der Waals surface area contributed by atoms with E-state index >= 15 is 0 Å². The highest BCUT2D eigenvalue weighted by Crippen LogP contribution is 2.26. The van der Waals surface area contributed by atoms with Crippen LogP contribution in [0.3, 0.4) is 0 Å². The number of halogens is 3. The smallest absolute Gasteiger partial charge is 0.130 e. The van der Waals surface area contributed by atoms with Gasteiger partial charge in [0.2, 0.25) is 0 Å². The Balaban J connectivity index is 0.00000196. The molecule has 0 aliphatic heterocycles. The molecule has 0 saturated heterocycles. The van der Waals surface area contributed by atoms with E-state index in [1.807, 2.05) is 13.8 Å². The maximum absolute atomic E-state index is 13.3.